The van der Waals surface area contributed by atoms with E-state index >= 15 is 0 Å². The molecule has 1 aliphatic rings. The molecule has 2 nitrogen and oxygen atoms in total. The van der Waals surface area contributed by atoms with Gasteiger partial charge in [0.1, 0.15) is 0 Å². The molecule has 0 saturated carbocycles. The van der Waals surface area contributed by atoms with Crippen LogP contribution in [0.3, 0.4) is 0 Å². The van der Waals surface area contributed by atoms with Gasteiger partial charge >= 0.3 is 0 Å². The van der Waals surface area contributed by atoms with Crippen molar-refractivity contribution in [2.75, 3.05) is 32.7 Å². The van der Waals surface area contributed by atoms with E-state index in [1.807, 2.05) is 0 Å². The van der Waals surface area contributed by atoms with Crippen LogP contribution in [0, 0.1) is 19.8 Å². The molecule has 0 bridgehead atoms. The van der Waals surface area contributed by atoms with E-state index in [0.717, 1.165) is 13.1 Å². The maximum absolute atomic E-state index is 3.43. The van der Waals surface area contributed by atoms with Crippen molar-refractivity contribution in [2.24, 2.45) is 5.92 Å². The Hall–Kier alpha value is -0.860. The molecule has 106 valence electrons. The third kappa shape index (κ3) is 3.80. The van der Waals surface area contributed by atoms with Crippen molar-refractivity contribution < 1.29 is 0 Å². The van der Waals surface area contributed by atoms with Gasteiger partial charge in [-0.3, -0.25) is 0 Å². The Morgan fingerprint density at radius 1 is 1.16 bits per heavy atom. The van der Waals surface area contributed by atoms with E-state index in [1.54, 1.807) is 5.56 Å². The molecular formula is C17H28N2. The van der Waals surface area contributed by atoms with E-state index in [-0.39, 0.29) is 0 Å². The van der Waals surface area contributed by atoms with E-state index in [4.69, 9.17) is 0 Å². The molecule has 2 heteroatoms. The van der Waals surface area contributed by atoms with Crippen LogP contribution in [-0.2, 0) is 0 Å². The highest BCUT2D eigenvalue weighted by Crippen LogP contribution is 2.28. The lowest BCUT2D eigenvalue weighted by Crippen LogP contribution is -2.45. The average Bonchev–Trinajstić information content (AvgIpc) is 2.38. The minimum atomic E-state index is 0.652. The third-order valence-corrected chi connectivity index (χ3v) is 4.29. The first-order valence-corrected chi connectivity index (χ1v) is 7.58. The minimum absolute atomic E-state index is 0.652. The summed E-state index contributed by atoms with van der Waals surface area (Å²) in [4.78, 5) is 2.61. The Bertz CT molecular complexity index is 406. The summed E-state index contributed by atoms with van der Waals surface area (Å²) in [7, 11) is 0. The van der Waals surface area contributed by atoms with Crippen LogP contribution in [0.1, 0.15) is 36.5 Å². The van der Waals surface area contributed by atoms with E-state index in [1.165, 1.54) is 30.8 Å². The standard InChI is InChI=1S/C17H28N2/c1-13(2)17(12-19-9-7-18-8-10-19)16-6-5-14(3)11-15(16)4/h5-6,11,13,17-18H,7-10,12H2,1-4H3. The number of hydrogen-bond donors (Lipinski definition) is 1. The second-order valence-electron chi connectivity index (χ2n) is 6.26. The van der Waals surface area contributed by atoms with Gasteiger partial charge in [0, 0.05) is 32.7 Å². The second-order valence-corrected chi connectivity index (χ2v) is 6.26. The van der Waals surface area contributed by atoms with Gasteiger partial charge in [-0.1, -0.05) is 37.6 Å². The van der Waals surface area contributed by atoms with Crippen LogP contribution in [0.5, 0.6) is 0 Å². The molecular weight excluding hydrogens is 232 g/mol. The van der Waals surface area contributed by atoms with Crippen molar-refractivity contribution in [3.8, 4) is 0 Å². The van der Waals surface area contributed by atoms with Crippen molar-refractivity contribution in [1.82, 2.24) is 10.2 Å². The Kier molecular flexibility index (Phi) is 5.00. The fraction of sp³-hybridized carbons (Fsp3) is 0.647. The van der Waals surface area contributed by atoms with Gasteiger partial charge in [-0.05, 0) is 36.8 Å². The number of nitrogens with one attached hydrogen (secondary N) is 1. The summed E-state index contributed by atoms with van der Waals surface area (Å²) in [6.45, 7) is 15.0. The molecule has 1 aromatic rings. The van der Waals surface area contributed by atoms with Crippen molar-refractivity contribution >= 4 is 0 Å². The fourth-order valence-corrected chi connectivity index (χ4v) is 3.08. The van der Waals surface area contributed by atoms with Crippen LogP contribution in [0.15, 0.2) is 18.2 Å². The summed E-state index contributed by atoms with van der Waals surface area (Å²) in [6, 6.07) is 6.93. The molecule has 1 fully saturated rings. The molecule has 0 radical (unpaired) electrons. The zero-order valence-electron chi connectivity index (χ0n) is 12.9. The molecule has 0 spiro atoms. The summed E-state index contributed by atoms with van der Waals surface area (Å²) in [6.07, 6.45) is 0. The molecule has 0 aromatic heterocycles. The zero-order chi connectivity index (χ0) is 13.8. The number of aryl methyl sites for hydroxylation is 2. The number of rotatable bonds is 4. The Morgan fingerprint density at radius 2 is 1.84 bits per heavy atom. The molecule has 1 unspecified atom stereocenters. The first kappa shape index (κ1) is 14.5. The van der Waals surface area contributed by atoms with Crippen LogP contribution in [0.4, 0.5) is 0 Å². The van der Waals surface area contributed by atoms with Crippen molar-refractivity contribution in [3.63, 3.8) is 0 Å². The number of nitrogens with zero attached hydrogens (tertiary/aromatic N) is 1. The van der Waals surface area contributed by atoms with Gasteiger partial charge in [0.2, 0.25) is 0 Å². The lowest BCUT2D eigenvalue weighted by Gasteiger charge is -2.33. The first-order chi connectivity index (χ1) is 9.08. The van der Waals surface area contributed by atoms with Crippen LogP contribution in [0.2, 0.25) is 0 Å². The largest absolute Gasteiger partial charge is 0.314 e. The van der Waals surface area contributed by atoms with Gasteiger partial charge in [0.05, 0.1) is 0 Å². The maximum atomic E-state index is 3.43. The van der Waals surface area contributed by atoms with Crippen LogP contribution >= 0.6 is 0 Å². The highest BCUT2D eigenvalue weighted by atomic mass is 15.2. The summed E-state index contributed by atoms with van der Waals surface area (Å²) >= 11 is 0. The normalized spacial score (nSPS) is 18.8. The molecule has 1 aromatic carbocycles. The molecule has 1 atom stereocenters. The Balaban J connectivity index is 2.14. The minimum Gasteiger partial charge on any atom is -0.314 e. The zero-order valence-corrected chi connectivity index (χ0v) is 12.9. The lowest BCUT2D eigenvalue weighted by atomic mass is 9.85. The van der Waals surface area contributed by atoms with Gasteiger partial charge in [-0.15, -0.1) is 0 Å². The Labute approximate surface area is 118 Å². The van der Waals surface area contributed by atoms with Crippen molar-refractivity contribution in [3.05, 3.63) is 34.9 Å². The van der Waals surface area contributed by atoms with Crippen molar-refractivity contribution in [1.29, 1.82) is 0 Å². The van der Waals surface area contributed by atoms with Gasteiger partial charge in [-0.25, -0.2) is 0 Å². The Morgan fingerprint density at radius 3 is 2.42 bits per heavy atom. The molecule has 19 heavy (non-hydrogen) atoms. The van der Waals surface area contributed by atoms with Crippen LogP contribution in [-0.4, -0.2) is 37.6 Å². The summed E-state index contributed by atoms with van der Waals surface area (Å²) in [5.74, 6) is 1.34. The smallest absolute Gasteiger partial charge is 0.0108 e. The second kappa shape index (κ2) is 6.53. The van der Waals surface area contributed by atoms with Gasteiger partial charge in [-0.2, -0.15) is 0 Å². The predicted octanol–water partition coefficient (Wildman–Crippen LogP) is 2.95. The summed E-state index contributed by atoms with van der Waals surface area (Å²) in [5, 5.41) is 3.43. The summed E-state index contributed by atoms with van der Waals surface area (Å²) < 4.78 is 0. The predicted molar refractivity (Wildman–Crippen MR) is 82.8 cm³/mol. The van der Waals surface area contributed by atoms with Crippen LogP contribution < -0.4 is 5.32 Å². The quantitative estimate of drug-likeness (QED) is 0.895. The highest BCUT2D eigenvalue weighted by molar-refractivity contribution is 5.33. The van der Waals surface area contributed by atoms with E-state index in [9.17, 15) is 0 Å². The molecule has 2 rings (SSSR count). The van der Waals surface area contributed by atoms with Crippen LogP contribution in [0.25, 0.3) is 0 Å². The fourth-order valence-electron chi connectivity index (χ4n) is 3.08. The number of hydrogen-bond acceptors (Lipinski definition) is 2. The monoisotopic (exact) mass is 260 g/mol. The van der Waals surface area contributed by atoms with E-state index in [0.29, 0.717) is 11.8 Å². The molecule has 0 aliphatic carbocycles. The summed E-state index contributed by atoms with van der Waals surface area (Å²) in [5.41, 5.74) is 4.36. The molecule has 1 saturated heterocycles. The van der Waals surface area contributed by atoms with Gasteiger partial charge < -0.3 is 10.2 Å². The third-order valence-electron chi connectivity index (χ3n) is 4.29. The number of benzene rings is 1. The van der Waals surface area contributed by atoms with Gasteiger partial charge in [0.25, 0.3) is 0 Å². The highest BCUT2D eigenvalue weighted by Gasteiger charge is 2.21. The van der Waals surface area contributed by atoms with E-state index < -0.39 is 0 Å². The topological polar surface area (TPSA) is 15.3 Å². The van der Waals surface area contributed by atoms with Crippen molar-refractivity contribution in [2.45, 2.75) is 33.6 Å². The number of piperazine rings is 1. The molecule has 0 amide bonds. The maximum Gasteiger partial charge on any atom is 0.0108 e. The SMILES string of the molecule is Cc1ccc(C(CN2CCNCC2)C(C)C)c(C)c1. The lowest BCUT2D eigenvalue weighted by molar-refractivity contribution is 0.211. The average molecular weight is 260 g/mol. The molecule has 1 aliphatic heterocycles. The van der Waals surface area contributed by atoms with Gasteiger partial charge in [0.15, 0.2) is 0 Å². The van der Waals surface area contributed by atoms with E-state index in [2.05, 4.69) is 56.1 Å². The molecule has 1 N–H and O–H groups in total. The first-order valence-electron chi connectivity index (χ1n) is 7.58. The molecule has 1 heterocycles.